The summed E-state index contributed by atoms with van der Waals surface area (Å²) in [5, 5.41) is 0. The minimum atomic E-state index is -0.251. The maximum atomic E-state index is 11.8. The number of aromatic nitrogens is 2. The number of carbonyl (C=O) groups is 1. The van der Waals surface area contributed by atoms with Crippen molar-refractivity contribution in [3.63, 3.8) is 0 Å². The molecule has 0 radical (unpaired) electrons. The van der Waals surface area contributed by atoms with Crippen LogP contribution in [-0.4, -0.2) is 48.0 Å². The first-order valence-corrected chi connectivity index (χ1v) is 6.45. The number of rotatable bonds is 5. The van der Waals surface area contributed by atoms with Crippen LogP contribution in [-0.2, 0) is 4.79 Å². The molecule has 0 unspecified atom stereocenters. The molecule has 100 valence electrons. The van der Waals surface area contributed by atoms with Gasteiger partial charge in [0.05, 0.1) is 12.9 Å². The van der Waals surface area contributed by atoms with E-state index in [0.29, 0.717) is 16.8 Å². The van der Waals surface area contributed by atoms with Crippen LogP contribution >= 0.6 is 15.9 Å². The lowest BCUT2D eigenvalue weighted by molar-refractivity contribution is -0.127. The monoisotopic (exact) mass is 316 g/mol. The molecule has 1 N–H and O–H groups in total. The van der Waals surface area contributed by atoms with Gasteiger partial charge in [0.25, 0.3) is 5.56 Å². The fourth-order valence-electron chi connectivity index (χ4n) is 1.43. The van der Waals surface area contributed by atoms with Crippen LogP contribution in [0, 0.1) is 0 Å². The lowest BCUT2D eigenvalue weighted by Crippen LogP contribution is -2.38. The zero-order valence-electron chi connectivity index (χ0n) is 10.7. The van der Waals surface area contributed by atoms with Crippen molar-refractivity contribution < 1.29 is 4.79 Å². The smallest absolute Gasteiger partial charge is 0.267 e. The molecule has 0 saturated carbocycles. The highest BCUT2D eigenvalue weighted by molar-refractivity contribution is 9.10. The van der Waals surface area contributed by atoms with Crippen LogP contribution in [0.5, 0.6) is 0 Å². The van der Waals surface area contributed by atoms with E-state index < -0.39 is 0 Å². The van der Waals surface area contributed by atoms with Gasteiger partial charge >= 0.3 is 0 Å². The first-order valence-electron chi connectivity index (χ1n) is 5.65. The molecule has 0 aliphatic heterocycles. The molecule has 0 spiro atoms. The molecule has 0 bridgehead atoms. The highest BCUT2D eigenvalue weighted by atomic mass is 79.9. The van der Waals surface area contributed by atoms with Gasteiger partial charge in [-0.05, 0) is 22.4 Å². The standard InChI is InChI=1S/C11H17BrN4O2/c1-4-5-16(6-8(17)15(2)3)10-9(12)11(18)14-7-13-10/h7H,4-6H2,1-3H3,(H,13,14,18). The van der Waals surface area contributed by atoms with E-state index in [9.17, 15) is 9.59 Å². The van der Waals surface area contributed by atoms with Crippen LogP contribution in [0.2, 0.25) is 0 Å². The van der Waals surface area contributed by atoms with E-state index in [4.69, 9.17) is 0 Å². The quantitative estimate of drug-likeness (QED) is 0.874. The molecule has 0 aliphatic carbocycles. The molecule has 7 heteroatoms. The second kappa shape index (κ2) is 6.53. The molecule has 1 rings (SSSR count). The number of nitrogens with zero attached hydrogens (tertiary/aromatic N) is 3. The Morgan fingerprint density at radius 1 is 1.50 bits per heavy atom. The summed E-state index contributed by atoms with van der Waals surface area (Å²) in [6.07, 6.45) is 2.20. The van der Waals surface area contributed by atoms with Crippen molar-refractivity contribution >= 4 is 27.7 Å². The summed E-state index contributed by atoms with van der Waals surface area (Å²) < 4.78 is 0.352. The summed E-state index contributed by atoms with van der Waals surface area (Å²) in [4.78, 5) is 33.2. The Balaban J connectivity index is 3.01. The summed E-state index contributed by atoms with van der Waals surface area (Å²) in [5.74, 6) is 0.466. The maximum Gasteiger partial charge on any atom is 0.267 e. The van der Waals surface area contributed by atoms with Crippen molar-refractivity contribution in [3.05, 3.63) is 21.2 Å². The third kappa shape index (κ3) is 3.56. The van der Waals surface area contributed by atoms with Crippen molar-refractivity contribution in [1.29, 1.82) is 0 Å². The molecule has 6 nitrogen and oxygen atoms in total. The number of hydrogen-bond acceptors (Lipinski definition) is 4. The summed E-state index contributed by atoms with van der Waals surface area (Å²) in [6.45, 7) is 2.87. The molecule has 0 aliphatic rings. The lowest BCUT2D eigenvalue weighted by Gasteiger charge is -2.24. The zero-order chi connectivity index (χ0) is 13.7. The largest absolute Gasteiger partial charge is 0.347 e. The van der Waals surface area contributed by atoms with Crippen LogP contribution in [0.25, 0.3) is 0 Å². The molecule has 1 aromatic rings. The maximum absolute atomic E-state index is 11.8. The van der Waals surface area contributed by atoms with Crippen molar-refractivity contribution in [2.75, 3.05) is 32.1 Å². The number of H-pyrrole nitrogens is 1. The van der Waals surface area contributed by atoms with Crippen molar-refractivity contribution in [2.24, 2.45) is 0 Å². The Hall–Kier alpha value is -1.37. The normalized spacial score (nSPS) is 10.2. The predicted molar refractivity (Wildman–Crippen MR) is 73.8 cm³/mol. The van der Waals surface area contributed by atoms with Crippen LogP contribution in [0.4, 0.5) is 5.82 Å². The molecule has 0 saturated heterocycles. The third-order valence-corrected chi connectivity index (χ3v) is 3.11. The first kappa shape index (κ1) is 14.7. The Morgan fingerprint density at radius 3 is 2.72 bits per heavy atom. The fourth-order valence-corrected chi connectivity index (χ4v) is 1.90. The van der Waals surface area contributed by atoms with Gasteiger partial charge in [0, 0.05) is 20.6 Å². The average molecular weight is 317 g/mol. The van der Waals surface area contributed by atoms with Gasteiger partial charge in [-0.2, -0.15) is 0 Å². The van der Waals surface area contributed by atoms with Gasteiger partial charge in [-0.3, -0.25) is 9.59 Å². The summed E-state index contributed by atoms with van der Waals surface area (Å²) >= 11 is 3.20. The topological polar surface area (TPSA) is 69.3 Å². The number of likely N-dealkylation sites (N-methyl/N-ethyl adjacent to an activating group) is 1. The Morgan fingerprint density at radius 2 is 2.17 bits per heavy atom. The number of hydrogen-bond donors (Lipinski definition) is 1. The van der Waals surface area contributed by atoms with E-state index in [0.717, 1.165) is 6.42 Å². The van der Waals surface area contributed by atoms with Crippen molar-refractivity contribution in [1.82, 2.24) is 14.9 Å². The highest BCUT2D eigenvalue weighted by Gasteiger charge is 2.17. The number of carbonyl (C=O) groups excluding carboxylic acids is 1. The molecule has 18 heavy (non-hydrogen) atoms. The van der Waals surface area contributed by atoms with E-state index in [1.54, 1.807) is 19.0 Å². The number of anilines is 1. The van der Waals surface area contributed by atoms with Crippen LogP contribution in [0.1, 0.15) is 13.3 Å². The van der Waals surface area contributed by atoms with Crippen LogP contribution in [0.15, 0.2) is 15.6 Å². The molecule has 1 heterocycles. The number of aromatic amines is 1. The molecular formula is C11H17BrN4O2. The Labute approximate surface area is 114 Å². The molecule has 1 amide bonds. The average Bonchev–Trinajstić information content (AvgIpc) is 2.32. The van der Waals surface area contributed by atoms with Gasteiger partial charge in [0.1, 0.15) is 4.47 Å². The van der Waals surface area contributed by atoms with Gasteiger partial charge in [-0.1, -0.05) is 6.92 Å². The van der Waals surface area contributed by atoms with Gasteiger partial charge in [-0.15, -0.1) is 0 Å². The van der Waals surface area contributed by atoms with Gasteiger partial charge in [0.2, 0.25) is 5.91 Å². The van der Waals surface area contributed by atoms with E-state index in [1.807, 2.05) is 6.92 Å². The molecular weight excluding hydrogens is 300 g/mol. The highest BCUT2D eigenvalue weighted by Crippen LogP contribution is 2.19. The van der Waals surface area contributed by atoms with E-state index in [-0.39, 0.29) is 18.0 Å². The number of nitrogens with one attached hydrogen (secondary N) is 1. The lowest BCUT2D eigenvalue weighted by atomic mass is 10.3. The summed E-state index contributed by atoms with van der Waals surface area (Å²) in [6, 6.07) is 0. The summed E-state index contributed by atoms with van der Waals surface area (Å²) in [7, 11) is 3.40. The molecule has 0 atom stereocenters. The second-order valence-corrected chi connectivity index (χ2v) is 4.87. The first-order chi connectivity index (χ1) is 8.47. The Bertz CT molecular complexity index is 472. The predicted octanol–water partition coefficient (Wildman–Crippen LogP) is 0.837. The van der Waals surface area contributed by atoms with Crippen LogP contribution < -0.4 is 10.5 Å². The van der Waals surface area contributed by atoms with E-state index >= 15 is 0 Å². The summed E-state index contributed by atoms with van der Waals surface area (Å²) in [5.41, 5.74) is -0.251. The fraction of sp³-hybridized carbons (Fsp3) is 0.545. The van der Waals surface area contributed by atoms with Crippen molar-refractivity contribution in [3.8, 4) is 0 Å². The molecule has 1 aromatic heterocycles. The molecule has 0 fully saturated rings. The van der Waals surface area contributed by atoms with E-state index in [1.165, 1.54) is 11.2 Å². The SMILES string of the molecule is CCCN(CC(=O)N(C)C)c1nc[nH]c(=O)c1Br. The minimum absolute atomic E-state index is 0.0302. The van der Waals surface area contributed by atoms with E-state index in [2.05, 4.69) is 25.9 Å². The Kier molecular flexibility index (Phi) is 5.33. The third-order valence-electron chi connectivity index (χ3n) is 2.40. The molecule has 0 aromatic carbocycles. The number of amides is 1. The van der Waals surface area contributed by atoms with Gasteiger partial charge in [-0.25, -0.2) is 4.98 Å². The van der Waals surface area contributed by atoms with Gasteiger partial charge in [0.15, 0.2) is 5.82 Å². The second-order valence-electron chi connectivity index (χ2n) is 4.08. The van der Waals surface area contributed by atoms with Crippen molar-refractivity contribution in [2.45, 2.75) is 13.3 Å². The number of halogens is 1. The van der Waals surface area contributed by atoms with Gasteiger partial charge < -0.3 is 14.8 Å². The minimum Gasteiger partial charge on any atom is -0.347 e. The zero-order valence-corrected chi connectivity index (χ0v) is 12.3. The van der Waals surface area contributed by atoms with Crippen LogP contribution in [0.3, 0.4) is 0 Å².